The van der Waals surface area contributed by atoms with Crippen molar-refractivity contribution in [3.8, 4) is 5.75 Å². The van der Waals surface area contributed by atoms with Gasteiger partial charge in [-0.25, -0.2) is 0 Å². The van der Waals surface area contributed by atoms with Gasteiger partial charge in [-0.1, -0.05) is 35.9 Å². The third-order valence-electron chi connectivity index (χ3n) is 4.70. The number of nitro groups is 1. The summed E-state index contributed by atoms with van der Waals surface area (Å²) >= 11 is 0. The first-order chi connectivity index (χ1) is 12.4. The number of benzene rings is 2. The van der Waals surface area contributed by atoms with E-state index in [0.717, 1.165) is 5.56 Å². The zero-order valence-electron chi connectivity index (χ0n) is 14.6. The summed E-state index contributed by atoms with van der Waals surface area (Å²) in [5.74, 6) is -0.0279. The van der Waals surface area contributed by atoms with Crippen LogP contribution in [-0.2, 0) is 10.4 Å². The Kier molecular flexibility index (Phi) is 4.65. The molecule has 7 nitrogen and oxygen atoms in total. The fourth-order valence-corrected chi connectivity index (χ4v) is 3.13. The van der Waals surface area contributed by atoms with E-state index >= 15 is 0 Å². The predicted octanol–water partition coefficient (Wildman–Crippen LogP) is 2.27. The number of hydrogen-bond donors (Lipinski definition) is 1. The molecule has 2 aromatic carbocycles. The van der Waals surface area contributed by atoms with E-state index in [1.165, 1.54) is 11.8 Å². The first-order valence-corrected chi connectivity index (χ1v) is 8.32. The molecule has 1 aliphatic rings. The maximum atomic E-state index is 12.8. The summed E-state index contributed by atoms with van der Waals surface area (Å²) in [4.78, 5) is 24.8. The topological polar surface area (TPSA) is 92.9 Å². The van der Waals surface area contributed by atoms with Crippen LogP contribution in [0.3, 0.4) is 0 Å². The summed E-state index contributed by atoms with van der Waals surface area (Å²) in [5, 5.41) is 22.1. The van der Waals surface area contributed by atoms with E-state index in [0.29, 0.717) is 11.4 Å². The van der Waals surface area contributed by atoms with Crippen molar-refractivity contribution >= 4 is 11.6 Å². The lowest BCUT2D eigenvalue weighted by molar-refractivity contribution is -0.538. The van der Waals surface area contributed by atoms with Gasteiger partial charge in [-0.05, 0) is 25.1 Å². The normalized spacial score (nSPS) is 20.0. The summed E-state index contributed by atoms with van der Waals surface area (Å²) in [6, 6.07) is 12.6. The van der Waals surface area contributed by atoms with Crippen LogP contribution in [0.2, 0.25) is 0 Å². The van der Waals surface area contributed by atoms with Gasteiger partial charge < -0.3 is 14.7 Å². The SMILES string of the molecule is Cc1ccc(OCCN2C(=O)C(O)(C(C)[N+](=O)[O-])c3ccccc32)cc1. The number of ether oxygens (including phenoxy) is 1. The number of aliphatic hydroxyl groups is 1. The number of carbonyl (C=O) groups excluding carboxylic acids is 1. The van der Waals surface area contributed by atoms with Crippen LogP contribution in [0.5, 0.6) is 5.75 Å². The molecule has 1 N–H and O–H groups in total. The van der Waals surface area contributed by atoms with E-state index in [1.807, 2.05) is 31.2 Å². The van der Waals surface area contributed by atoms with Gasteiger partial charge in [-0.3, -0.25) is 14.9 Å². The number of hydrogen-bond acceptors (Lipinski definition) is 5. The molecular formula is C19H20N2O5. The van der Waals surface area contributed by atoms with E-state index in [4.69, 9.17) is 4.74 Å². The van der Waals surface area contributed by atoms with Crippen molar-refractivity contribution in [3.05, 3.63) is 69.8 Å². The molecule has 7 heteroatoms. The number of nitrogens with zero attached hydrogens (tertiary/aromatic N) is 2. The van der Waals surface area contributed by atoms with Crippen LogP contribution in [0.25, 0.3) is 0 Å². The van der Waals surface area contributed by atoms with Crippen LogP contribution in [-0.4, -0.2) is 35.1 Å². The molecule has 1 aliphatic heterocycles. The van der Waals surface area contributed by atoms with Crippen molar-refractivity contribution in [2.45, 2.75) is 25.5 Å². The molecule has 0 saturated carbocycles. The third-order valence-corrected chi connectivity index (χ3v) is 4.70. The number of rotatable bonds is 6. The number of anilines is 1. The molecule has 0 spiro atoms. The van der Waals surface area contributed by atoms with Gasteiger partial charge in [0, 0.05) is 17.4 Å². The first-order valence-electron chi connectivity index (χ1n) is 8.32. The minimum Gasteiger partial charge on any atom is -0.492 e. The minimum absolute atomic E-state index is 0.177. The van der Waals surface area contributed by atoms with E-state index in [2.05, 4.69) is 0 Å². The van der Waals surface area contributed by atoms with Crippen LogP contribution >= 0.6 is 0 Å². The van der Waals surface area contributed by atoms with Gasteiger partial charge in [0.25, 0.3) is 11.9 Å². The lowest BCUT2D eigenvalue weighted by atomic mass is 9.89. The van der Waals surface area contributed by atoms with Crippen molar-refractivity contribution in [1.29, 1.82) is 0 Å². The average molecular weight is 356 g/mol. The highest BCUT2D eigenvalue weighted by Crippen LogP contribution is 2.42. The largest absolute Gasteiger partial charge is 0.492 e. The Morgan fingerprint density at radius 1 is 1.23 bits per heavy atom. The number of aryl methyl sites for hydroxylation is 1. The quantitative estimate of drug-likeness (QED) is 0.633. The molecule has 0 aromatic heterocycles. The number of para-hydroxylation sites is 1. The van der Waals surface area contributed by atoms with Crippen molar-refractivity contribution < 1.29 is 19.6 Å². The van der Waals surface area contributed by atoms with Crippen LogP contribution < -0.4 is 9.64 Å². The molecule has 136 valence electrons. The molecule has 2 aromatic rings. The Morgan fingerprint density at radius 3 is 2.54 bits per heavy atom. The fraction of sp³-hybridized carbons (Fsp3) is 0.316. The molecule has 0 aliphatic carbocycles. The minimum atomic E-state index is -2.18. The molecule has 3 rings (SSSR count). The molecule has 2 atom stereocenters. The van der Waals surface area contributed by atoms with Crippen molar-refractivity contribution in [2.75, 3.05) is 18.1 Å². The van der Waals surface area contributed by atoms with Gasteiger partial charge in [0.1, 0.15) is 12.4 Å². The van der Waals surface area contributed by atoms with Crippen LogP contribution in [0, 0.1) is 17.0 Å². The highest BCUT2D eigenvalue weighted by molar-refractivity contribution is 6.07. The number of fused-ring (bicyclic) bond motifs is 1. The number of amides is 1. The Hall–Kier alpha value is -2.93. The van der Waals surface area contributed by atoms with Crippen molar-refractivity contribution in [1.82, 2.24) is 0 Å². The molecule has 1 amide bonds. The molecule has 0 bridgehead atoms. The summed E-state index contributed by atoms with van der Waals surface area (Å²) in [6.07, 6.45) is 0. The van der Waals surface area contributed by atoms with E-state index < -0.39 is 22.5 Å². The second kappa shape index (κ2) is 6.76. The zero-order valence-corrected chi connectivity index (χ0v) is 14.6. The maximum absolute atomic E-state index is 12.8. The van der Waals surface area contributed by atoms with Crippen molar-refractivity contribution in [2.24, 2.45) is 0 Å². The first kappa shape index (κ1) is 17.9. The third kappa shape index (κ3) is 2.90. The Labute approximate surface area is 151 Å². The Morgan fingerprint density at radius 2 is 1.88 bits per heavy atom. The van der Waals surface area contributed by atoms with E-state index in [-0.39, 0.29) is 18.7 Å². The van der Waals surface area contributed by atoms with Gasteiger partial charge in [0.15, 0.2) is 0 Å². The molecule has 26 heavy (non-hydrogen) atoms. The Bertz CT molecular complexity index is 836. The lowest BCUT2D eigenvalue weighted by Gasteiger charge is -2.23. The van der Waals surface area contributed by atoms with Gasteiger partial charge in [0.2, 0.25) is 5.60 Å². The second-order valence-corrected chi connectivity index (χ2v) is 6.36. The van der Waals surface area contributed by atoms with Gasteiger partial charge in [-0.2, -0.15) is 0 Å². The summed E-state index contributed by atoms with van der Waals surface area (Å²) < 4.78 is 5.65. The standard InChI is InChI=1S/C19H20N2O5/c1-13-7-9-15(10-8-13)26-12-11-20-17-6-4-3-5-16(17)19(23,18(20)22)14(2)21(24)25/h3-10,14,23H,11-12H2,1-2H3. The Balaban J connectivity index is 1.81. The van der Waals surface area contributed by atoms with Crippen LogP contribution in [0.15, 0.2) is 48.5 Å². The summed E-state index contributed by atoms with van der Waals surface area (Å²) in [5.41, 5.74) is -0.338. The smallest absolute Gasteiger partial charge is 0.271 e. The monoisotopic (exact) mass is 356 g/mol. The van der Waals surface area contributed by atoms with Crippen LogP contribution in [0.1, 0.15) is 18.1 Å². The molecule has 1 heterocycles. The van der Waals surface area contributed by atoms with E-state index in [1.54, 1.807) is 24.3 Å². The van der Waals surface area contributed by atoms with Gasteiger partial charge >= 0.3 is 0 Å². The zero-order chi connectivity index (χ0) is 18.9. The fourth-order valence-electron chi connectivity index (χ4n) is 3.13. The lowest BCUT2D eigenvalue weighted by Crippen LogP contribution is -2.51. The molecule has 0 radical (unpaired) electrons. The molecule has 2 unspecified atom stereocenters. The van der Waals surface area contributed by atoms with E-state index in [9.17, 15) is 20.0 Å². The maximum Gasteiger partial charge on any atom is 0.271 e. The van der Waals surface area contributed by atoms with Crippen molar-refractivity contribution in [3.63, 3.8) is 0 Å². The molecule has 0 fully saturated rings. The predicted molar refractivity (Wildman–Crippen MR) is 95.8 cm³/mol. The highest BCUT2D eigenvalue weighted by Gasteiger charge is 2.58. The molecule has 0 saturated heterocycles. The number of carbonyl (C=O) groups is 1. The average Bonchev–Trinajstić information content (AvgIpc) is 2.85. The second-order valence-electron chi connectivity index (χ2n) is 6.36. The van der Waals surface area contributed by atoms with Crippen LogP contribution in [0.4, 0.5) is 5.69 Å². The highest BCUT2D eigenvalue weighted by atomic mass is 16.6. The summed E-state index contributed by atoms with van der Waals surface area (Å²) in [7, 11) is 0. The summed E-state index contributed by atoms with van der Waals surface area (Å²) in [6.45, 7) is 3.59. The van der Waals surface area contributed by atoms with Gasteiger partial charge in [-0.15, -0.1) is 0 Å². The molecular weight excluding hydrogens is 336 g/mol. The van der Waals surface area contributed by atoms with Gasteiger partial charge in [0.05, 0.1) is 12.2 Å².